The summed E-state index contributed by atoms with van der Waals surface area (Å²) < 4.78 is 38.1. The summed E-state index contributed by atoms with van der Waals surface area (Å²) in [5, 5.41) is 3.87. The molecule has 1 aromatic carbocycles. The highest BCUT2D eigenvalue weighted by Crippen LogP contribution is 2.43. The Kier molecular flexibility index (Phi) is 5.64. The number of benzene rings is 1. The first-order chi connectivity index (χ1) is 21.0. The number of rotatable bonds is 5. The molecule has 4 aromatic heterocycles. The largest absolute Gasteiger partial charge is 0.461 e. The molecule has 0 radical (unpaired) electrons. The Balaban J connectivity index is 1.23. The predicted octanol–water partition coefficient (Wildman–Crippen LogP) is 4.17. The number of pyridine rings is 1. The van der Waals surface area contributed by atoms with Gasteiger partial charge in [0.15, 0.2) is 10.9 Å². The van der Waals surface area contributed by atoms with Crippen LogP contribution < -0.4 is 20.7 Å². The maximum atomic E-state index is 14.7. The van der Waals surface area contributed by atoms with Crippen LogP contribution >= 0.6 is 11.3 Å². The fourth-order valence-corrected chi connectivity index (χ4v) is 8.84. The van der Waals surface area contributed by atoms with E-state index in [1.54, 1.807) is 12.3 Å². The molecule has 4 saturated heterocycles. The molecule has 9 rings (SSSR count). The maximum Gasteiger partial charge on any atom is 0.319 e. The Morgan fingerprint density at radius 2 is 2.00 bits per heavy atom. The molecule has 5 aromatic rings. The van der Waals surface area contributed by atoms with Crippen molar-refractivity contribution in [3.05, 3.63) is 36.4 Å². The molecule has 0 amide bonds. The summed E-state index contributed by atoms with van der Waals surface area (Å²) in [5.41, 5.74) is 9.95. The van der Waals surface area contributed by atoms with E-state index >= 15 is 0 Å². The van der Waals surface area contributed by atoms with Gasteiger partial charge >= 0.3 is 6.01 Å². The highest BCUT2D eigenvalue weighted by Gasteiger charge is 2.49. The lowest BCUT2D eigenvalue weighted by Crippen LogP contribution is -2.52. The summed E-state index contributed by atoms with van der Waals surface area (Å²) in [5.74, 6) is 0.464. The molecule has 43 heavy (non-hydrogen) atoms. The van der Waals surface area contributed by atoms with Crippen molar-refractivity contribution in [1.29, 1.82) is 0 Å². The smallest absolute Gasteiger partial charge is 0.319 e. The molecule has 0 spiro atoms. The van der Waals surface area contributed by atoms with E-state index in [9.17, 15) is 8.78 Å². The summed E-state index contributed by atoms with van der Waals surface area (Å²) in [6.45, 7) is 3.49. The lowest BCUT2D eigenvalue weighted by Gasteiger charge is -2.37. The molecule has 4 aliphatic heterocycles. The monoisotopic (exact) mass is 603 g/mol. The molecular weight excluding hydrogens is 572 g/mol. The van der Waals surface area contributed by atoms with Gasteiger partial charge in [0.05, 0.1) is 21.3 Å². The number of hydrogen-bond acceptors (Lipinski definition) is 10. The van der Waals surface area contributed by atoms with Gasteiger partial charge in [-0.1, -0.05) is 11.3 Å². The number of thiazole rings is 1. The molecule has 8 heterocycles. The molecular formula is C30H31F2N9OS. The van der Waals surface area contributed by atoms with Gasteiger partial charge in [0.25, 0.3) is 0 Å². The zero-order valence-corrected chi connectivity index (χ0v) is 24.3. The van der Waals surface area contributed by atoms with Crippen molar-refractivity contribution < 1.29 is 13.5 Å². The summed E-state index contributed by atoms with van der Waals surface area (Å²) in [6, 6.07) is 6.06. The zero-order valence-electron chi connectivity index (χ0n) is 23.5. The number of nitrogen functional groups attached to an aromatic ring is 1. The number of hydrogen-bond donors (Lipinski definition) is 2. The minimum absolute atomic E-state index is 0.288. The Morgan fingerprint density at radius 1 is 1.14 bits per heavy atom. The summed E-state index contributed by atoms with van der Waals surface area (Å²) in [4.78, 5) is 23.9. The van der Waals surface area contributed by atoms with Gasteiger partial charge in [-0.05, 0) is 50.4 Å². The fourth-order valence-electron chi connectivity index (χ4n) is 8.08. The molecule has 2 bridgehead atoms. The van der Waals surface area contributed by atoms with Crippen LogP contribution in [-0.2, 0) is 0 Å². The third-order valence-electron chi connectivity index (χ3n) is 9.93. The number of piperazine rings is 1. The number of nitrogens with zero attached hydrogens (tertiary/aromatic N) is 7. The van der Waals surface area contributed by atoms with E-state index in [-0.39, 0.29) is 17.4 Å². The van der Waals surface area contributed by atoms with Gasteiger partial charge in [-0.15, -0.1) is 0 Å². The van der Waals surface area contributed by atoms with Crippen LogP contribution in [0.1, 0.15) is 32.1 Å². The second-order valence-electron chi connectivity index (χ2n) is 12.4. The van der Waals surface area contributed by atoms with Crippen LogP contribution in [0.3, 0.4) is 0 Å². The topological polar surface area (TPSA) is 110 Å². The lowest BCUT2D eigenvalue weighted by molar-refractivity contribution is 0.107. The van der Waals surface area contributed by atoms with Crippen LogP contribution in [0.15, 0.2) is 30.6 Å². The SMILES string of the molecule is Nc1nc2c(-c3cc4nc(OC[C@@]56CCCN5C[C@H](F)C6)nc(N5[C@@H]6CC[C@H]5CNC6)c4n4ccnc34)ccc(F)c2s1. The predicted molar refractivity (Wildman–Crippen MR) is 162 cm³/mol. The Morgan fingerprint density at radius 3 is 2.86 bits per heavy atom. The molecule has 4 aliphatic rings. The van der Waals surface area contributed by atoms with Gasteiger partial charge in [-0.25, -0.2) is 18.7 Å². The van der Waals surface area contributed by atoms with Crippen LogP contribution in [0.2, 0.25) is 0 Å². The first-order valence-electron chi connectivity index (χ1n) is 15.0. The molecule has 222 valence electrons. The third kappa shape index (κ3) is 3.87. The number of anilines is 2. The molecule has 0 aliphatic carbocycles. The number of alkyl halides is 1. The number of ether oxygens (including phenoxy) is 1. The van der Waals surface area contributed by atoms with Crippen LogP contribution in [0.25, 0.3) is 38.0 Å². The molecule has 4 fully saturated rings. The fraction of sp³-hybridized carbons (Fsp3) is 0.467. The molecule has 13 heteroatoms. The van der Waals surface area contributed by atoms with Crippen LogP contribution in [-0.4, -0.2) is 85.8 Å². The van der Waals surface area contributed by atoms with Crippen LogP contribution in [0.4, 0.5) is 19.7 Å². The van der Waals surface area contributed by atoms with Crippen molar-refractivity contribution in [3.63, 3.8) is 0 Å². The van der Waals surface area contributed by atoms with Crippen molar-refractivity contribution in [1.82, 2.24) is 34.6 Å². The number of halogens is 2. The van der Waals surface area contributed by atoms with Gasteiger partial charge in [0, 0.05) is 61.7 Å². The lowest BCUT2D eigenvalue weighted by atomic mass is 9.95. The minimum atomic E-state index is -0.835. The summed E-state index contributed by atoms with van der Waals surface area (Å²) in [7, 11) is 0. The van der Waals surface area contributed by atoms with Crippen LogP contribution in [0.5, 0.6) is 6.01 Å². The number of imidazole rings is 1. The normalized spacial score (nSPS) is 27.2. The van der Waals surface area contributed by atoms with E-state index in [1.165, 1.54) is 6.07 Å². The number of aromatic nitrogens is 5. The van der Waals surface area contributed by atoms with Gasteiger partial charge < -0.3 is 20.7 Å². The molecule has 10 nitrogen and oxygen atoms in total. The molecule has 0 saturated carbocycles. The Hall–Kier alpha value is -3.68. The van der Waals surface area contributed by atoms with E-state index in [0.717, 1.165) is 79.1 Å². The van der Waals surface area contributed by atoms with Gasteiger partial charge in [-0.2, -0.15) is 9.97 Å². The summed E-state index contributed by atoms with van der Waals surface area (Å²) >= 11 is 1.13. The van der Waals surface area contributed by atoms with Gasteiger partial charge in [0.2, 0.25) is 0 Å². The van der Waals surface area contributed by atoms with E-state index in [2.05, 4.69) is 20.1 Å². The molecule has 4 atom stereocenters. The van der Waals surface area contributed by atoms with Crippen molar-refractivity contribution in [2.24, 2.45) is 0 Å². The third-order valence-corrected chi connectivity index (χ3v) is 10.8. The Bertz CT molecular complexity index is 1900. The second-order valence-corrected chi connectivity index (χ2v) is 13.4. The van der Waals surface area contributed by atoms with Crippen molar-refractivity contribution in [2.75, 3.05) is 43.4 Å². The van der Waals surface area contributed by atoms with E-state index in [1.807, 2.05) is 16.7 Å². The number of nitrogens with two attached hydrogens (primary N) is 1. The van der Waals surface area contributed by atoms with Gasteiger partial charge in [-0.3, -0.25) is 9.30 Å². The average Bonchev–Trinajstić information content (AvgIpc) is 3.80. The number of fused-ring (bicyclic) bond motifs is 7. The molecule has 3 N–H and O–H groups in total. The van der Waals surface area contributed by atoms with E-state index in [0.29, 0.717) is 58.2 Å². The number of nitrogens with one attached hydrogen (secondary N) is 1. The highest BCUT2D eigenvalue weighted by atomic mass is 32.1. The maximum absolute atomic E-state index is 14.7. The highest BCUT2D eigenvalue weighted by molar-refractivity contribution is 7.22. The van der Waals surface area contributed by atoms with Crippen molar-refractivity contribution >= 4 is 49.2 Å². The van der Waals surface area contributed by atoms with Crippen molar-refractivity contribution in [2.45, 2.75) is 55.9 Å². The van der Waals surface area contributed by atoms with Crippen LogP contribution in [0, 0.1) is 5.82 Å². The minimum Gasteiger partial charge on any atom is -0.461 e. The first-order valence-corrected chi connectivity index (χ1v) is 15.8. The Labute approximate surface area is 249 Å². The van der Waals surface area contributed by atoms with Gasteiger partial charge in [0.1, 0.15) is 29.8 Å². The quantitative estimate of drug-likeness (QED) is 0.306. The molecule has 0 unspecified atom stereocenters. The first kappa shape index (κ1) is 25.8. The standard InChI is InChI=1S/C30H31F2N9OS/c31-16-11-30(6-1-8-39(30)14-16)15-42-29-36-22-10-20(19-4-5-21(32)25-23(19)37-28(33)43-25)26-35-7-9-40(26)24(22)27(38-29)41-17-2-3-18(41)13-34-12-17/h4-5,7,9-10,16-18,34H,1-3,6,8,11-15H2,(H2,33,37)/t16-,17-,18+,30+/m1/s1. The summed E-state index contributed by atoms with van der Waals surface area (Å²) in [6.07, 6.45) is 7.44. The van der Waals surface area contributed by atoms with E-state index in [4.69, 9.17) is 25.4 Å². The van der Waals surface area contributed by atoms with E-state index < -0.39 is 6.17 Å². The average molecular weight is 604 g/mol. The zero-order chi connectivity index (χ0) is 28.9. The second kappa shape index (κ2) is 9.41. The van der Waals surface area contributed by atoms with Crippen molar-refractivity contribution in [3.8, 4) is 17.1 Å².